The van der Waals surface area contributed by atoms with Gasteiger partial charge >= 0.3 is 0 Å². The van der Waals surface area contributed by atoms with E-state index < -0.39 is 0 Å². The topological polar surface area (TPSA) is 37.9 Å². The fourth-order valence-electron chi connectivity index (χ4n) is 1.86. The molecule has 0 amide bonds. The highest BCUT2D eigenvalue weighted by atomic mass is 16.5. The standard InChI is InChI=1S/C16H18N2O.C2H6/c1-4-6-14-15(7-5-2)18-16(17-14)12-8-10-13(19-3)11-9-12;1-2/h4-11H,1-3H3,(H,17,18);1-2H3/b6-4-,7-5+;. The first kappa shape index (κ1) is 16.8. The zero-order chi connectivity index (χ0) is 15.7. The van der Waals surface area contributed by atoms with E-state index in [2.05, 4.69) is 9.97 Å². The van der Waals surface area contributed by atoms with Crippen LogP contribution < -0.4 is 4.74 Å². The van der Waals surface area contributed by atoms with Crippen LogP contribution in [-0.4, -0.2) is 17.1 Å². The molecule has 2 rings (SSSR count). The smallest absolute Gasteiger partial charge is 0.138 e. The fourth-order valence-corrected chi connectivity index (χ4v) is 1.86. The molecule has 1 aromatic carbocycles. The summed E-state index contributed by atoms with van der Waals surface area (Å²) in [5.41, 5.74) is 3.01. The van der Waals surface area contributed by atoms with Crippen LogP contribution in [0.4, 0.5) is 0 Å². The van der Waals surface area contributed by atoms with Gasteiger partial charge < -0.3 is 9.72 Å². The van der Waals surface area contributed by atoms with Gasteiger partial charge in [-0.15, -0.1) is 0 Å². The van der Waals surface area contributed by atoms with Crippen LogP contribution >= 0.6 is 0 Å². The second kappa shape index (κ2) is 8.80. The molecule has 0 aliphatic carbocycles. The summed E-state index contributed by atoms with van der Waals surface area (Å²) in [5, 5.41) is 0. The maximum absolute atomic E-state index is 5.16. The predicted octanol–water partition coefficient (Wildman–Crippen LogP) is 5.18. The molecule has 1 heterocycles. The zero-order valence-electron chi connectivity index (χ0n) is 13.5. The normalized spacial score (nSPS) is 10.7. The Morgan fingerprint density at radius 2 is 1.62 bits per heavy atom. The Balaban J connectivity index is 0.00000106. The van der Waals surface area contributed by atoms with E-state index in [9.17, 15) is 0 Å². The number of aromatic amines is 1. The molecular weight excluding hydrogens is 260 g/mol. The first-order chi connectivity index (χ1) is 10.3. The second-order valence-electron chi connectivity index (χ2n) is 4.11. The molecule has 0 fully saturated rings. The molecule has 0 unspecified atom stereocenters. The molecule has 112 valence electrons. The van der Waals surface area contributed by atoms with E-state index in [1.54, 1.807) is 7.11 Å². The highest BCUT2D eigenvalue weighted by Gasteiger charge is 2.07. The molecular formula is C18H24N2O. The van der Waals surface area contributed by atoms with E-state index in [1.165, 1.54) is 0 Å². The van der Waals surface area contributed by atoms with Crippen molar-refractivity contribution in [3.05, 3.63) is 47.8 Å². The Hall–Kier alpha value is -2.29. The maximum Gasteiger partial charge on any atom is 0.138 e. The summed E-state index contributed by atoms with van der Waals surface area (Å²) in [4.78, 5) is 7.94. The molecule has 0 radical (unpaired) electrons. The molecule has 3 nitrogen and oxygen atoms in total. The number of benzene rings is 1. The van der Waals surface area contributed by atoms with Gasteiger partial charge in [-0.3, -0.25) is 0 Å². The van der Waals surface area contributed by atoms with Crippen LogP contribution in [0, 0.1) is 0 Å². The first-order valence-electron chi connectivity index (χ1n) is 7.28. The van der Waals surface area contributed by atoms with E-state index in [0.717, 1.165) is 28.5 Å². The minimum Gasteiger partial charge on any atom is -0.497 e. The van der Waals surface area contributed by atoms with Gasteiger partial charge in [0.2, 0.25) is 0 Å². The predicted molar refractivity (Wildman–Crippen MR) is 91.3 cm³/mol. The van der Waals surface area contributed by atoms with Crippen LogP contribution in [0.25, 0.3) is 23.5 Å². The number of aromatic nitrogens is 2. The average Bonchev–Trinajstić information content (AvgIpc) is 2.93. The minimum atomic E-state index is 0.845. The molecule has 1 N–H and O–H groups in total. The molecule has 2 aromatic rings. The Labute approximate surface area is 127 Å². The van der Waals surface area contributed by atoms with Crippen LogP contribution in [-0.2, 0) is 0 Å². The van der Waals surface area contributed by atoms with Gasteiger partial charge in [0.05, 0.1) is 18.5 Å². The number of allylic oxidation sites excluding steroid dienone is 2. The monoisotopic (exact) mass is 284 g/mol. The van der Waals surface area contributed by atoms with Gasteiger partial charge in [0, 0.05) is 5.56 Å². The lowest BCUT2D eigenvalue weighted by Gasteiger charge is -2.00. The van der Waals surface area contributed by atoms with Gasteiger partial charge in [0.15, 0.2) is 0 Å². The Morgan fingerprint density at radius 1 is 1.00 bits per heavy atom. The molecule has 0 bridgehead atoms. The zero-order valence-corrected chi connectivity index (χ0v) is 13.5. The summed E-state index contributed by atoms with van der Waals surface area (Å²) in [5.74, 6) is 1.71. The van der Waals surface area contributed by atoms with Gasteiger partial charge in [0.25, 0.3) is 0 Å². The summed E-state index contributed by atoms with van der Waals surface area (Å²) in [7, 11) is 1.66. The van der Waals surface area contributed by atoms with Crippen molar-refractivity contribution < 1.29 is 4.74 Å². The van der Waals surface area contributed by atoms with Crippen molar-refractivity contribution in [2.45, 2.75) is 27.7 Å². The summed E-state index contributed by atoms with van der Waals surface area (Å²) in [6, 6.07) is 7.86. The van der Waals surface area contributed by atoms with Crippen molar-refractivity contribution in [2.75, 3.05) is 7.11 Å². The molecule has 0 atom stereocenters. The van der Waals surface area contributed by atoms with Crippen molar-refractivity contribution >= 4 is 12.2 Å². The van der Waals surface area contributed by atoms with Crippen LogP contribution in [0.5, 0.6) is 5.75 Å². The SMILES string of the molecule is C/C=C\c1nc(-c2ccc(OC)cc2)[nH]c1/C=C/C.CC. The van der Waals surface area contributed by atoms with Crippen LogP contribution in [0.3, 0.4) is 0 Å². The van der Waals surface area contributed by atoms with Crippen LogP contribution in [0.1, 0.15) is 39.1 Å². The van der Waals surface area contributed by atoms with Crippen molar-refractivity contribution in [3.63, 3.8) is 0 Å². The fraction of sp³-hybridized carbons (Fsp3) is 0.278. The van der Waals surface area contributed by atoms with E-state index in [1.807, 2.05) is 76.3 Å². The van der Waals surface area contributed by atoms with Gasteiger partial charge in [-0.2, -0.15) is 0 Å². The number of H-pyrrole nitrogens is 1. The first-order valence-corrected chi connectivity index (χ1v) is 7.28. The van der Waals surface area contributed by atoms with E-state index in [-0.39, 0.29) is 0 Å². The molecule has 0 aliphatic heterocycles. The lowest BCUT2D eigenvalue weighted by atomic mass is 10.2. The number of hydrogen-bond donors (Lipinski definition) is 1. The lowest BCUT2D eigenvalue weighted by Crippen LogP contribution is -1.84. The number of imidazole rings is 1. The Kier molecular flexibility index (Phi) is 7.02. The third kappa shape index (κ3) is 4.35. The van der Waals surface area contributed by atoms with Gasteiger partial charge in [0.1, 0.15) is 11.6 Å². The quantitative estimate of drug-likeness (QED) is 0.840. The number of methoxy groups -OCH3 is 1. The Bertz CT molecular complexity index is 563. The van der Waals surface area contributed by atoms with Crippen LogP contribution in [0.2, 0.25) is 0 Å². The summed E-state index contributed by atoms with van der Waals surface area (Å²) < 4.78 is 5.16. The molecule has 0 aliphatic rings. The van der Waals surface area contributed by atoms with Gasteiger partial charge in [-0.05, 0) is 50.3 Å². The maximum atomic E-state index is 5.16. The van der Waals surface area contributed by atoms with E-state index in [4.69, 9.17) is 4.74 Å². The molecule has 21 heavy (non-hydrogen) atoms. The molecule has 0 saturated heterocycles. The second-order valence-corrected chi connectivity index (χ2v) is 4.11. The lowest BCUT2D eigenvalue weighted by molar-refractivity contribution is 0.415. The van der Waals surface area contributed by atoms with Crippen molar-refractivity contribution in [2.24, 2.45) is 0 Å². The van der Waals surface area contributed by atoms with E-state index in [0.29, 0.717) is 0 Å². The number of ether oxygens (including phenoxy) is 1. The van der Waals surface area contributed by atoms with Crippen molar-refractivity contribution in [1.82, 2.24) is 9.97 Å². The largest absolute Gasteiger partial charge is 0.497 e. The summed E-state index contributed by atoms with van der Waals surface area (Å²) in [6.45, 7) is 7.98. The van der Waals surface area contributed by atoms with Crippen LogP contribution in [0.15, 0.2) is 36.4 Å². The average molecular weight is 284 g/mol. The minimum absolute atomic E-state index is 0.845. The number of rotatable bonds is 4. The summed E-state index contributed by atoms with van der Waals surface area (Å²) >= 11 is 0. The van der Waals surface area contributed by atoms with Crippen molar-refractivity contribution in [1.29, 1.82) is 0 Å². The van der Waals surface area contributed by atoms with E-state index >= 15 is 0 Å². The highest BCUT2D eigenvalue weighted by molar-refractivity contribution is 5.66. The van der Waals surface area contributed by atoms with Crippen molar-refractivity contribution in [3.8, 4) is 17.1 Å². The molecule has 1 aromatic heterocycles. The van der Waals surface area contributed by atoms with Gasteiger partial charge in [-0.25, -0.2) is 4.98 Å². The Morgan fingerprint density at radius 3 is 2.14 bits per heavy atom. The molecule has 0 spiro atoms. The number of nitrogens with one attached hydrogen (secondary N) is 1. The molecule has 0 saturated carbocycles. The third-order valence-electron chi connectivity index (χ3n) is 2.78. The molecule has 3 heteroatoms. The highest BCUT2D eigenvalue weighted by Crippen LogP contribution is 2.22. The third-order valence-corrected chi connectivity index (χ3v) is 2.78. The van der Waals surface area contributed by atoms with Gasteiger partial charge in [-0.1, -0.05) is 26.0 Å². The number of hydrogen-bond acceptors (Lipinski definition) is 2. The number of nitrogens with zero attached hydrogens (tertiary/aromatic N) is 1. The summed E-state index contributed by atoms with van der Waals surface area (Å²) in [6.07, 6.45) is 8.01.